The van der Waals surface area contributed by atoms with E-state index in [2.05, 4.69) is 23.0 Å². The first-order chi connectivity index (χ1) is 8.83. The van der Waals surface area contributed by atoms with Crippen molar-refractivity contribution in [2.45, 2.75) is 45.4 Å². The first-order valence-corrected chi connectivity index (χ1v) is 6.72. The number of aryl methyl sites for hydroxylation is 1. The van der Waals surface area contributed by atoms with Crippen LogP contribution in [0.4, 0.5) is 0 Å². The van der Waals surface area contributed by atoms with Crippen molar-refractivity contribution in [2.24, 2.45) is 0 Å². The maximum absolute atomic E-state index is 8.84. The van der Waals surface area contributed by atoms with Crippen LogP contribution in [0.5, 0.6) is 0 Å². The van der Waals surface area contributed by atoms with Crippen LogP contribution in [-0.4, -0.2) is 9.97 Å². The van der Waals surface area contributed by atoms with Crippen LogP contribution < -0.4 is 0 Å². The molecule has 0 saturated carbocycles. The van der Waals surface area contributed by atoms with Gasteiger partial charge in [-0.05, 0) is 24.6 Å². The normalized spacial score (nSPS) is 10.7. The Kier molecular flexibility index (Phi) is 4.35. The van der Waals surface area contributed by atoms with Crippen LogP contribution in [0.1, 0.15) is 50.4 Å². The molecule has 0 atom stereocenters. The summed E-state index contributed by atoms with van der Waals surface area (Å²) in [6.07, 6.45) is 7.38. The Morgan fingerprint density at radius 3 is 2.83 bits per heavy atom. The van der Waals surface area contributed by atoms with E-state index in [-0.39, 0.29) is 0 Å². The van der Waals surface area contributed by atoms with Gasteiger partial charge in [-0.2, -0.15) is 5.26 Å². The molecule has 1 aromatic heterocycles. The van der Waals surface area contributed by atoms with Crippen molar-refractivity contribution < 1.29 is 0 Å². The molecule has 1 aromatic carbocycles. The lowest BCUT2D eigenvalue weighted by Gasteiger charge is -1.97. The third-order valence-electron chi connectivity index (χ3n) is 3.18. The van der Waals surface area contributed by atoms with Gasteiger partial charge in [-0.3, -0.25) is 0 Å². The Balaban J connectivity index is 1.96. The molecule has 3 nitrogen and oxygen atoms in total. The number of nitriles is 1. The maximum atomic E-state index is 8.84. The topological polar surface area (TPSA) is 52.5 Å². The summed E-state index contributed by atoms with van der Waals surface area (Å²) in [5.41, 5.74) is 2.61. The predicted molar refractivity (Wildman–Crippen MR) is 73.3 cm³/mol. The molecule has 0 spiro atoms. The van der Waals surface area contributed by atoms with Crippen LogP contribution in [0.2, 0.25) is 0 Å². The Bertz CT molecular complexity index is 548. The van der Waals surface area contributed by atoms with Crippen molar-refractivity contribution in [1.82, 2.24) is 9.97 Å². The number of rotatable bonds is 6. The average Bonchev–Trinajstić information content (AvgIpc) is 2.80. The summed E-state index contributed by atoms with van der Waals surface area (Å²) >= 11 is 0. The number of hydrogen-bond donors (Lipinski definition) is 1. The van der Waals surface area contributed by atoms with E-state index in [1.54, 1.807) is 0 Å². The number of nitrogens with one attached hydrogen (secondary N) is 1. The molecule has 94 valence electrons. The van der Waals surface area contributed by atoms with Gasteiger partial charge in [0, 0.05) is 6.42 Å². The second-order valence-corrected chi connectivity index (χ2v) is 4.69. The molecule has 1 N–H and O–H groups in total. The van der Waals surface area contributed by atoms with Crippen molar-refractivity contribution >= 4 is 11.0 Å². The lowest BCUT2D eigenvalue weighted by Crippen LogP contribution is -1.88. The van der Waals surface area contributed by atoms with Crippen LogP contribution in [0.3, 0.4) is 0 Å². The number of benzene rings is 1. The van der Waals surface area contributed by atoms with Gasteiger partial charge in [0.25, 0.3) is 0 Å². The Morgan fingerprint density at radius 1 is 1.22 bits per heavy atom. The van der Waals surface area contributed by atoms with E-state index in [9.17, 15) is 0 Å². The number of hydrogen-bond acceptors (Lipinski definition) is 2. The number of H-pyrrole nitrogens is 1. The molecule has 2 rings (SSSR count). The second kappa shape index (κ2) is 6.20. The van der Waals surface area contributed by atoms with Crippen molar-refractivity contribution in [1.29, 1.82) is 5.26 Å². The summed E-state index contributed by atoms with van der Waals surface area (Å²) in [6.45, 7) is 2.23. The third kappa shape index (κ3) is 3.10. The van der Waals surface area contributed by atoms with E-state index in [0.717, 1.165) is 23.3 Å². The van der Waals surface area contributed by atoms with Gasteiger partial charge in [-0.15, -0.1) is 0 Å². The maximum Gasteiger partial charge on any atom is 0.107 e. The minimum Gasteiger partial charge on any atom is -0.342 e. The summed E-state index contributed by atoms with van der Waals surface area (Å²) in [4.78, 5) is 7.84. The molecule has 0 aliphatic heterocycles. The zero-order valence-electron chi connectivity index (χ0n) is 10.9. The van der Waals surface area contributed by atoms with Crippen molar-refractivity contribution in [3.05, 3.63) is 29.6 Å². The lowest BCUT2D eigenvalue weighted by molar-refractivity contribution is 0.625. The van der Waals surface area contributed by atoms with Crippen LogP contribution >= 0.6 is 0 Å². The molecule has 3 heteroatoms. The third-order valence-corrected chi connectivity index (χ3v) is 3.18. The summed E-state index contributed by atoms with van der Waals surface area (Å²) < 4.78 is 0. The fraction of sp³-hybridized carbons (Fsp3) is 0.467. The molecule has 0 amide bonds. The first kappa shape index (κ1) is 12.6. The number of aromatic amines is 1. The molecule has 1 heterocycles. The summed E-state index contributed by atoms with van der Waals surface area (Å²) in [5, 5.41) is 8.84. The van der Waals surface area contributed by atoms with E-state index >= 15 is 0 Å². The predicted octanol–water partition coefficient (Wildman–Crippen LogP) is 3.95. The van der Waals surface area contributed by atoms with Crippen LogP contribution in [-0.2, 0) is 6.42 Å². The Morgan fingerprint density at radius 2 is 2.06 bits per heavy atom. The number of aromatic nitrogens is 2. The van der Waals surface area contributed by atoms with E-state index in [1.165, 1.54) is 32.1 Å². The first-order valence-electron chi connectivity index (χ1n) is 6.72. The van der Waals surface area contributed by atoms with Gasteiger partial charge in [-0.25, -0.2) is 4.98 Å². The van der Waals surface area contributed by atoms with Gasteiger partial charge < -0.3 is 4.98 Å². The lowest BCUT2D eigenvalue weighted by atomic mass is 10.1. The molecule has 0 radical (unpaired) electrons. The molecule has 0 aliphatic carbocycles. The standard InChI is InChI=1S/C15H19N3/c1-2-3-4-5-6-7-15-17-13-9-8-12(11-16)10-14(13)18-15/h8-10H,2-7H2,1H3,(H,17,18). The SMILES string of the molecule is CCCCCCCc1nc2ccc(C#N)cc2[nH]1. The molecule has 0 aliphatic rings. The average molecular weight is 241 g/mol. The van der Waals surface area contributed by atoms with Gasteiger partial charge in [0.05, 0.1) is 22.7 Å². The van der Waals surface area contributed by atoms with Gasteiger partial charge in [0.15, 0.2) is 0 Å². The molecule has 2 aromatic rings. The fourth-order valence-electron chi connectivity index (χ4n) is 2.15. The summed E-state index contributed by atoms with van der Waals surface area (Å²) in [6, 6.07) is 7.73. The van der Waals surface area contributed by atoms with Gasteiger partial charge in [0.2, 0.25) is 0 Å². The van der Waals surface area contributed by atoms with Crippen molar-refractivity contribution in [2.75, 3.05) is 0 Å². The largest absolute Gasteiger partial charge is 0.342 e. The van der Waals surface area contributed by atoms with Gasteiger partial charge in [-0.1, -0.05) is 32.6 Å². The van der Waals surface area contributed by atoms with Gasteiger partial charge in [0.1, 0.15) is 5.82 Å². The van der Waals surface area contributed by atoms with Crippen LogP contribution in [0.25, 0.3) is 11.0 Å². The summed E-state index contributed by atoms with van der Waals surface area (Å²) in [7, 11) is 0. The molecule has 0 fully saturated rings. The molecule has 0 unspecified atom stereocenters. The van der Waals surface area contributed by atoms with Gasteiger partial charge >= 0.3 is 0 Å². The molecular formula is C15H19N3. The quantitative estimate of drug-likeness (QED) is 0.778. The highest BCUT2D eigenvalue weighted by molar-refractivity contribution is 5.76. The molecule has 0 saturated heterocycles. The van der Waals surface area contributed by atoms with Crippen LogP contribution in [0, 0.1) is 11.3 Å². The Labute approximate surface area is 108 Å². The molecule has 18 heavy (non-hydrogen) atoms. The highest BCUT2D eigenvalue weighted by Gasteiger charge is 2.03. The minimum atomic E-state index is 0.681. The fourth-order valence-corrected chi connectivity index (χ4v) is 2.15. The van der Waals surface area contributed by atoms with E-state index in [0.29, 0.717) is 5.56 Å². The van der Waals surface area contributed by atoms with E-state index in [4.69, 9.17) is 5.26 Å². The van der Waals surface area contributed by atoms with E-state index < -0.39 is 0 Å². The highest BCUT2D eigenvalue weighted by atomic mass is 14.9. The second-order valence-electron chi connectivity index (χ2n) is 4.69. The zero-order valence-corrected chi connectivity index (χ0v) is 10.9. The zero-order chi connectivity index (χ0) is 12.8. The van der Waals surface area contributed by atoms with E-state index in [1.807, 2.05) is 18.2 Å². The number of imidazole rings is 1. The monoisotopic (exact) mass is 241 g/mol. The van der Waals surface area contributed by atoms with Crippen molar-refractivity contribution in [3.8, 4) is 6.07 Å². The van der Waals surface area contributed by atoms with Crippen LogP contribution in [0.15, 0.2) is 18.2 Å². The molecule has 0 bridgehead atoms. The number of nitrogens with zero attached hydrogens (tertiary/aromatic N) is 2. The van der Waals surface area contributed by atoms with Crippen molar-refractivity contribution in [3.63, 3.8) is 0 Å². The highest BCUT2D eigenvalue weighted by Crippen LogP contribution is 2.15. The molecular weight excluding hydrogens is 222 g/mol. The number of unbranched alkanes of at least 4 members (excludes halogenated alkanes) is 4. The Hall–Kier alpha value is -1.82. The smallest absolute Gasteiger partial charge is 0.107 e. The summed E-state index contributed by atoms with van der Waals surface area (Å²) in [5.74, 6) is 1.04. The minimum absolute atomic E-state index is 0.681. The number of fused-ring (bicyclic) bond motifs is 1.